The van der Waals surface area contributed by atoms with Crippen LogP contribution >= 0.6 is 27.5 Å². The van der Waals surface area contributed by atoms with Crippen molar-refractivity contribution in [2.45, 2.75) is 31.0 Å². The van der Waals surface area contributed by atoms with Crippen LogP contribution in [0.4, 0.5) is 19.0 Å². The summed E-state index contributed by atoms with van der Waals surface area (Å²) in [5, 5.41) is 1.77. The van der Waals surface area contributed by atoms with Crippen LogP contribution in [0.3, 0.4) is 0 Å². The van der Waals surface area contributed by atoms with Gasteiger partial charge in [-0.1, -0.05) is 57.9 Å². The summed E-state index contributed by atoms with van der Waals surface area (Å²) in [5.41, 5.74) is -0.199. The van der Waals surface area contributed by atoms with Crippen LogP contribution in [0.15, 0.2) is 48.7 Å². The highest BCUT2D eigenvalue weighted by atomic mass is 79.9. The van der Waals surface area contributed by atoms with Crippen molar-refractivity contribution < 1.29 is 22.7 Å². The first kappa shape index (κ1) is 31.1. The van der Waals surface area contributed by atoms with Gasteiger partial charge in [-0.3, -0.25) is 14.7 Å². The van der Waals surface area contributed by atoms with E-state index >= 15 is 4.39 Å². The van der Waals surface area contributed by atoms with Gasteiger partial charge in [0.05, 0.1) is 22.5 Å². The summed E-state index contributed by atoms with van der Waals surface area (Å²) in [6, 6.07) is 7.95. The first-order chi connectivity index (χ1) is 22.3. The van der Waals surface area contributed by atoms with Gasteiger partial charge in [0.25, 0.3) is 0 Å². The Morgan fingerprint density at radius 2 is 2.04 bits per heavy atom. The Labute approximate surface area is 277 Å². The highest BCUT2D eigenvalue weighted by Crippen LogP contribution is 2.41. The van der Waals surface area contributed by atoms with Crippen molar-refractivity contribution in [2.75, 3.05) is 49.6 Å². The number of fused-ring (bicyclic) bond motifs is 3. The molecule has 0 spiro atoms. The third-order valence-corrected chi connectivity index (χ3v) is 9.87. The van der Waals surface area contributed by atoms with Crippen LogP contribution in [-0.2, 0) is 4.79 Å². The predicted octanol–water partition coefficient (Wildman–Crippen LogP) is 6.49. The molecule has 0 aliphatic carbocycles. The summed E-state index contributed by atoms with van der Waals surface area (Å²) in [5.74, 6) is -1.10. The molecule has 239 valence electrons. The molecule has 13 heteroatoms. The van der Waals surface area contributed by atoms with Gasteiger partial charge in [-0.2, -0.15) is 9.97 Å². The molecule has 0 unspecified atom stereocenters. The maximum atomic E-state index is 16.6. The molecule has 2 atom stereocenters. The maximum Gasteiger partial charge on any atom is 0.319 e. The van der Waals surface area contributed by atoms with Crippen molar-refractivity contribution in [1.29, 1.82) is 0 Å². The molecule has 3 aliphatic rings. The highest BCUT2D eigenvalue weighted by Gasteiger charge is 2.49. The van der Waals surface area contributed by atoms with Crippen LogP contribution in [0.2, 0.25) is 5.02 Å². The van der Waals surface area contributed by atoms with Crippen molar-refractivity contribution >= 4 is 60.9 Å². The average Bonchev–Trinajstić information content (AvgIpc) is 3.60. The smallest absolute Gasteiger partial charge is 0.319 e. The van der Waals surface area contributed by atoms with E-state index in [4.69, 9.17) is 21.3 Å². The number of ether oxygens (including phenoxy) is 1. The molecule has 3 aliphatic heterocycles. The number of piperazine rings is 1. The van der Waals surface area contributed by atoms with Crippen LogP contribution in [0.5, 0.6) is 6.01 Å². The molecule has 7 rings (SSSR count). The first-order valence-electron chi connectivity index (χ1n) is 15.1. The van der Waals surface area contributed by atoms with Gasteiger partial charge in [-0.15, -0.1) is 0 Å². The molecular formula is C33H30BrClF3N6O2. The Balaban J connectivity index is 1.29. The van der Waals surface area contributed by atoms with E-state index in [0.717, 1.165) is 19.4 Å². The second-order valence-corrected chi connectivity index (χ2v) is 12.9. The van der Waals surface area contributed by atoms with Crippen molar-refractivity contribution in [2.24, 2.45) is 0 Å². The van der Waals surface area contributed by atoms with Gasteiger partial charge < -0.3 is 14.5 Å². The van der Waals surface area contributed by atoms with Gasteiger partial charge in [-0.25, -0.2) is 13.2 Å². The fraction of sp³-hybridized carbons (Fsp3) is 0.364. The molecule has 0 N–H and O–H groups in total. The van der Waals surface area contributed by atoms with E-state index in [2.05, 4.69) is 30.8 Å². The normalized spacial score (nSPS) is 22.0. The number of anilines is 1. The van der Waals surface area contributed by atoms with E-state index < -0.39 is 23.3 Å². The number of carbonyl (C=O) groups excluding carboxylic acids is 1. The number of aromatic nitrogens is 3. The van der Waals surface area contributed by atoms with Gasteiger partial charge in [0, 0.05) is 55.1 Å². The second kappa shape index (κ2) is 12.6. The number of benzene rings is 2. The summed E-state index contributed by atoms with van der Waals surface area (Å²) in [4.78, 5) is 31.9. The van der Waals surface area contributed by atoms with Crippen LogP contribution in [0.1, 0.15) is 19.3 Å². The largest absolute Gasteiger partial charge is 0.461 e. The molecule has 0 bridgehead atoms. The SMILES string of the molecule is O=C(/C=C/CBr)N1[CH]CN(c2nc(OC[C@@]34CCCN3C[C@H](F)C4)nc3c(F)c(-c4cccc5ccc(F)c(Cl)c45)ncc23)CC1. The Morgan fingerprint density at radius 3 is 2.85 bits per heavy atom. The summed E-state index contributed by atoms with van der Waals surface area (Å²) >= 11 is 9.66. The standard InChI is InChI=1S/C33H30BrClF3N6O2/c34-10-2-6-25(45)42-12-14-43(15-13-42)31-23-17-39-29(22-5-1-4-20-7-8-24(37)27(35)26(20)22)28(38)30(23)40-32(41-31)46-19-33-9-3-11-44(33)18-21(36)16-33/h1-2,4-8,12,17,21H,3,9-11,13-16,18-19H2/b6-2+/t21-,33+/m1/s1. The number of hydrogen-bond acceptors (Lipinski definition) is 7. The first-order valence-corrected chi connectivity index (χ1v) is 16.6. The van der Waals surface area contributed by atoms with E-state index in [0.29, 0.717) is 65.5 Å². The zero-order valence-corrected chi connectivity index (χ0v) is 27.1. The zero-order chi connectivity index (χ0) is 32.0. The molecule has 0 saturated carbocycles. The molecule has 2 aromatic heterocycles. The molecule has 3 fully saturated rings. The Morgan fingerprint density at radius 1 is 1.17 bits per heavy atom. The van der Waals surface area contributed by atoms with Gasteiger partial charge in [0.2, 0.25) is 5.91 Å². The van der Waals surface area contributed by atoms with Crippen LogP contribution < -0.4 is 9.64 Å². The van der Waals surface area contributed by atoms with Crippen LogP contribution in [-0.4, -0.2) is 87.0 Å². The third-order valence-electron chi connectivity index (χ3n) is 9.13. The maximum absolute atomic E-state index is 16.6. The number of alkyl halides is 2. The van der Waals surface area contributed by atoms with E-state index in [1.165, 1.54) is 18.3 Å². The summed E-state index contributed by atoms with van der Waals surface area (Å²) in [6.45, 7) is 4.23. The summed E-state index contributed by atoms with van der Waals surface area (Å²) < 4.78 is 51.8. The highest BCUT2D eigenvalue weighted by molar-refractivity contribution is 9.09. The number of pyridine rings is 1. The molecule has 1 radical (unpaired) electrons. The number of halogens is 5. The summed E-state index contributed by atoms with van der Waals surface area (Å²) in [7, 11) is 0. The Hall–Kier alpha value is -3.48. The van der Waals surface area contributed by atoms with Crippen molar-refractivity contribution in [3.05, 3.63) is 71.9 Å². The van der Waals surface area contributed by atoms with Crippen molar-refractivity contribution in [1.82, 2.24) is 24.8 Å². The minimum absolute atomic E-state index is 0.0242. The monoisotopic (exact) mass is 713 g/mol. The molecule has 8 nitrogen and oxygen atoms in total. The fourth-order valence-electron chi connectivity index (χ4n) is 6.91. The number of allylic oxidation sites excluding steroid dienone is 1. The molecule has 1 amide bonds. The van der Waals surface area contributed by atoms with Crippen molar-refractivity contribution in [3.63, 3.8) is 0 Å². The lowest BCUT2D eigenvalue weighted by molar-refractivity contribution is -0.124. The molecule has 5 heterocycles. The molecule has 4 aromatic rings. The minimum atomic E-state index is -0.931. The lowest BCUT2D eigenvalue weighted by Crippen LogP contribution is -2.46. The van der Waals surface area contributed by atoms with Gasteiger partial charge in [0.1, 0.15) is 35.6 Å². The molecular weight excluding hydrogens is 685 g/mol. The van der Waals surface area contributed by atoms with E-state index in [1.54, 1.807) is 41.8 Å². The van der Waals surface area contributed by atoms with Crippen LogP contribution in [0.25, 0.3) is 32.9 Å². The Bertz CT molecular complexity index is 1860. The molecule has 46 heavy (non-hydrogen) atoms. The van der Waals surface area contributed by atoms with Crippen molar-refractivity contribution in [3.8, 4) is 17.3 Å². The zero-order valence-electron chi connectivity index (χ0n) is 24.7. The molecule has 2 aromatic carbocycles. The minimum Gasteiger partial charge on any atom is -0.461 e. The van der Waals surface area contributed by atoms with Gasteiger partial charge in [0.15, 0.2) is 5.82 Å². The fourth-order valence-corrected chi connectivity index (χ4v) is 7.37. The quantitative estimate of drug-likeness (QED) is 0.160. The molecule has 3 saturated heterocycles. The number of rotatable bonds is 7. The van der Waals surface area contributed by atoms with Crippen LogP contribution in [0, 0.1) is 18.2 Å². The summed E-state index contributed by atoms with van der Waals surface area (Å²) in [6.07, 6.45) is 5.91. The number of amides is 1. The Kier molecular flexibility index (Phi) is 8.54. The number of nitrogens with zero attached hydrogens (tertiary/aromatic N) is 6. The van der Waals surface area contributed by atoms with E-state index in [9.17, 15) is 13.6 Å². The van der Waals surface area contributed by atoms with E-state index in [1.807, 2.05) is 4.90 Å². The van der Waals surface area contributed by atoms with Gasteiger partial charge in [-0.05, 0) is 36.9 Å². The number of carbonyl (C=O) groups is 1. The lowest BCUT2D eigenvalue weighted by atomic mass is 9.95. The second-order valence-electron chi connectivity index (χ2n) is 11.9. The third kappa shape index (κ3) is 5.58. The average molecular weight is 715 g/mol. The predicted molar refractivity (Wildman–Crippen MR) is 175 cm³/mol. The lowest BCUT2D eigenvalue weighted by Gasteiger charge is -2.35. The van der Waals surface area contributed by atoms with E-state index in [-0.39, 0.29) is 34.8 Å². The van der Waals surface area contributed by atoms with Gasteiger partial charge >= 0.3 is 6.01 Å². The number of hydrogen-bond donors (Lipinski definition) is 0. The topological polar surface area (TPSA) is 74.7 Å².